The molecule has 1 unspecified atom stereocenters. The molecule has 1 saturated heterocycles. The second-order valence-electron chi connectivity index (χ2n) is 7.91. The molecule has 3 heterocycles. The molecule has 2 aliphatic heterocycles. The van der Waals surface area contributed by atoms with Crippen LogP contribution in [-0.4, -0.2) is 75.9 Å². The highest BCUT2D eigenvalue weighted by Crippen LogP contribution is 2.42. The van der Waals surface area contributed by atoms with Crippen molar-refractivity contribution in [2.24, 2.45) is 0 Å². The summed E-state index contributed by atoms with van der Waals surface area (Å²) >= 11 is 1.17. The minimum absolute atomic E-state index is 0.150. The number of aliphatic hydroxyl groups is 1. The number of carbonyl (C=O) groups is 2. The van der Waals surface area contributed by atoms with Crippen molar-refractivity contribution in [3.8, 4) is 0 Å². The number of nitrogens with zero attached hydrogens (tertiary/aromatic N) is 4. The smallest absolute Gasteiger partial charge is 0.290 e. The largest absolute Gasteiger partial charge is 0.503 e. The zero-order chi connectivity index (χ0) is 23.7. The molecule has 33 heavy (non-hydrogen) atoms. The number of nitro groups is 1. The highest BCUT2D eigenvalue weighted by Gasteiger charge is 2.46. The van der Waals surface area contributed by atoms with Crippen LogP contribution in [-0.2, 0) is 9.53 Å². The number of Topliss-reactive ketones (excluding diaryl/α,β-unsaturated/α-hetero) is 1. The molecule has 11 heteroatoms. The van der Waals surface area contributed by atoms with Crippen LogP contribution < -0.4 is 0 Å². The van der Waals surface area contributed by atoms with Gasteiger partial charge in [-0.1, -0.05) is 12.1 Å². The second-order valence-corrected chi connectivity index (χ2v) is 9.11. The lowest BCUT2D eigenvalue weighted by Gasteiger charge is -2.31. The molecule has 4 rings (SSSR count). The van der Waals surface area contributed by atoms with E-state index in [1.807, 2.05) is 0 Å². The lowest BCUT2D eigenvalue weighted by atomic mass is 9.94. The first-order valence-corrected chi connectivity index (χ1v) is 11.4. The van der Waals surface area contributed by atoms with E-state index in [-0.39, 0.29) is 23.4 Å². The summed E-state index contributed by atoms with van der Waals surface area (Å²) in [5.74, 6) is -1.93. The number of para-hydroxylation sites is 1. The Morgan fingerprint density at radius 1 is 1.27 bits per heavy atom. The maximum absolute atomic E-state index is 13.5. The minimum Gasteiger partial charge on any atom is -0.503 e. The van der Waals surface area contributed by atoms with Gasteiger partial charge in [0.25, 0.3) is 11.6 Å². The number of benzene rings is 1. The topological polar surface area (TPSA) is 126 Å². The van der Waals surface area contributed by atoms with Crippen molar-refractivity contribution < 1.29 is 24.4 Å². The summed E-state index contributed by atoms with van der Waals surface area (Å²) in [4.78, 5) is 45.9. The summed E-state index contributed by atoms with van der Waals surface area (Å²) in [6.45, 7) is 6.68. The normalized spacial score (nSPS) is 19.4. The monoisotopic (exact) mass is 472 g/mol. The van der Waals surface area contributed by atoms with E-state index < -0.39 is 28.4 Å². The van der Waals surface area contributed by atoms with E-state index >= 15 is 0 Å². The van der Waals surface area contributed by atoms with E-state index in [2.05, 4.69) is 9.88 Å². The Balaban J connectivity index is 1.76. The van der Waals surface area contributed by atoms with Crippen molar-refractivity contribution in [1.82, 2.24) is 14.8 Å². The molecule has 1 aromatic heterocycles. The lowest BCUT2D eigenvalue weighted by molar-refractivity contribution is -0.385. The molecule has 1 fully saturated rings. The van der Waals surface area contributed by atoms with Crippen LogP contribution in [0.2, 0.25) is 0 Å². The van der Waals surface area contributed by atoms with E-state index in [0.29, 0.717) is 48.4 Å². The molecule has 0 saturated carbocycles. The third-order valence-corrected chi connectivity index (χ3v) is 6.92. The summed E-state index contributed by atoms with van der Waals surface area (Å²) in [5.41, 5.74) is 0.305. The molecule has 1 aromatic carbocycles. The van der Waals surface area contributed by atoms with Crippen LogP contribution in [0.25, 0.3) is 0 Å². The Kier molecular flexibility index (Phi) is 6.54. The number of aryl methyl sites for hydroxylation is 2. The molecule has 0 radical (unpaired) electrons. The van der Waals surface area contributed by atoms with E-state index in [9.17, 15) is 24.8 Å². The van der Waals surface area contributed by atoms with Crippen molar-refractivity contribution in [2.75, 3.05) is 39.4 Å². The summed E-state index contributed by atoms with van der Waals surface area (Å²) in [7, 11) is 0. The molecule has 1 N–H and O–H groups in total. The molecule has 1 amide bonds. The quantitative estimate of drug-likeness (QED) is 0.370. The van der Waals surface area contributed by atoms with Gasteiger partial charge in [-0.2, -0.15) is 0 Å². The number of carbonyl (C=O) groups excluding carboxylic acids is 2. The van der Waals surface area contributed by atoms with Gasteiger partial charge < -0.3 is 14.7 Å². The van der Waals surface area contributed by atoms with Crippen molar-refractivity contribution in [2.45, 2.75) is 19.9 Å². The summed E-state index contributed by atoms with van der Waals surface area (Å²) in [5, 5.41) is 23.2. The molecule has 0 aliphatic carbocycles. The Hall–Kier alpha value is -3.15. The maximum atomic E-state index is 13.5. The molecular formula is C22H24N4O6S. The number of amides is 1. The maximum Gasteiger partial charge on any atom is 0.290 e. The third kappa shape index (κ3) is 4.39. The Labute approximate surface area is 194 Å². The predicted molar refractivity (Wildman–Crippen MR) is 120 cm³/mol. The number of nitro benzene ring substituents is 1. The van der Waals surface area contributed by atoms with Gasteiger partial charge in [0.1, 0.15) is 0 Å². The Morgan fingerprint density at radius 2 is 1.97 bits per heavy atom. The average molecular weight is 473 g/mol. The number of ether oxygens (including phenoxy) is 1. The third-order valence-electron chi connectivity index (χ3n) is 5.85. The molecule has 10 nitrogen and oxygen atoms in total. The molecule has 2 aromatic rings. The van der Waals surface area contributed by atoms with Crippen LogP contribution >= 0.6 is 11.3 Å². The van der Waals surface area contributed by atoms with Crippen LogP contribution in [0, 0.1) is 24.0 Å². The van der Waals surface area contributed by atoms with Gasteiger partial charge in [-0.15, -0.1) is 11.3 Å². The molecule has 0 spiro atoms. The number of aliphatic hydroxyl groups excluding tert-OH is 1. The van der Waals surface area contributed by atoms with Crippen LogP contribution in [0.5, 0.6) is 0 Å². The Morgan fingerprint density at radius 3 is 2.61 bits per heavy atom. The fourth-order valence-corrected chi connectivity index (χ4v) is 5.14. The zero-order valence-corrected chi connectivity index (χ0v) is 19.1. The highest BCUT2D eigenvalue weighted by molar-refractivity contribution is 7.14. The summed E-state index contributed by atoms with van der Waals surface area (Å²) in [6.07, 6.45) is 0. The molecule has 174 valence electrons. The fourth-order valence-electron chi connectivity index (χ4n) is 4.26. The number of morpholine rings is 1. The van der Waals surface area contributed by atoms with E-state index in [1.54, 1.807) is 19.9 Å². The van der Waals surface area contributed by atoms with Gasteiger partial charge in [0.15, 0.2) is 5.76 Å². The zero-order valence-electron chi connectivity index (χ0n) is 18.3. The first kappa shape index (κ1) is 23.0. The number of hydrogen-bond donors (Lipinski definition) is 1. The van der Waals surface area contributed by atoms with Crippen LogP contribution in [0.1, 0.15) is 32.0 Å². The van der Waals surface area contributed by atoms with Gasteiger partial charge in [-0.25, -0.2) is 4.98 Å². The van der Waals surface area contributed by atoms with Gasteiger partial charge in [0.05, 0.1) is 50.9 Å². The van der Waals surface area contributed by atoms with E-state index in [0.717, 1.165) is 0 Å². The lowest BCUT2D eigenvalue weighted by Crippen LogP contribution is -2.43. The Bertz CT molecular complexity index is 1140. The first-order chi connectivity index (χ1) is 15.8. The average Bonchev–Trinajstić information content (AvgIpc) is 3.27. The summed E-state index contributed by atoms with van der Waals surface area (Å²) < 4.78 is 5.36. The van der Waals surface area contributed by atoms with Crippen molar-refractivity contribution in [3.63, 3.8) is 0 Å². The van der Waals surface area contributed by atoms with E-state index in [1.165, 1.54) is 34.4 Å². The second kappa shape index (κ2) is 9.38. The van der Waals surface area contributed by atoms with Gasteiger partial charge in [0.2, 0.25) is 5.78 Å². The van der Waals surface area contributed by atoms with Crippen LogP contribution in [0.3, 0.4) is 0 Å². The number of rotatable bonds is 7. The highest BCUT2D eigenvalue weighted by atomic mass is 32.1. The van der Waals surface area contributed by atoms with Gasteiger partial charge in [-0.3, -0.25) is 24.6 Å². The van der Waals surface area contributed by atoms with Crippen molar-refractivity contribution >= 4 is 28.7 Å². The fraction of sp³-hybridized carbons (Fsp3) is 0.409. The number of thiazole rings is 1. The molecule has 0 bridgehead atoms. The van der Waals surface area contributed by atoms with Crippen molar-refractivity contribution in [3.05, 3.63) is 66.9 Å². The van der Waals surface area contributed by atoms with Crippen LogP contribution in [0.15, 0.2) is 35.6 Å². The predicted octanol–water partition coefficient (Wildman–Crippen LogP) is 2.58. The number of ketones is 1. The van der Waals surface area contributed by atoms with Gasteiger partial charge >= 0.3 is 0 Å². The summed E-state index contributed by atoms with van der Waals surface area (Å²) in [6, 6.07) is 4.92. The molecule has 2 aliphatic rings. The van der Waals surface area contributed by atoms with Gasteiger partial charge in [-0.05, 0) is 19.9 Å². The number of aromatic nitrogens is 1. The SMILES string of the molecule is Cc1nc(C)c(C(=O)C2=C(O)C(=O)N(CCN3CCOCC3)C2c2ccccc2[N+](=O)[O-])s1. The van der Waals surface area contributed by atoms with Crippen molar-refractivity contribution in [1.29, 1.82) is 0 Å². The standard InChI is InChI=1S/C22H24N4O6S/c1-13-21(33-14(2)23-13)19(27)17-18(15-5-3-4-6-16(15)26(30)31)25(22(29)20(17)28)8-7-24-9-11-32-12-10-24/h3-6,18,28H,7-12H2,1-2H3. The van der Waals surface area contributed by atoms with E-state index in [4.69, 9.17) is 4.74 Å². The van der Waals surface area contributed by atoms with Gasteiger partial charge in [0, 0.05) is 32.2 Å². The molecular weight excluding hydrogens is 448 g/mol. The van der Waals surface area contributed by atoms with Crippen LogP contribution in [0.4, 0.5) is 5.69 Å². The minimum atomic E-state index is -1.07. The number of hydrogen-bond acceptors (Lipinski definition) is 9. The molecule has 1 atom stereocenters. The first-order valence-electron chi connectivity index (χ1n) is 10.6.